The minimum atomic E-state index is 0.497. The lowest BCUT2D eigenvalue weighted by Gasteiger charge is -2.40. The maximum absolute atomic E-state index is 9.50. The van der Waals surface area contributed by atoms with Crippen LogP contribution >= 0.6 is 0 Å². The molecule has 0 aromatic carbocycles. The Balaban J connectivity index is 0.000000847. The lowest BCUT2D eigenvalue weighted by molar-refractivity contribution is 0.141. The van der Waals surface area contributed by atoms with Gasteiger partial charge in [0.1, 0.15) is 11.8 Å². The van der Waals surface area contributed by atoms with E-state index < -0.39 is 0 Å². The maximum Gasteiger partial charge on any atom is 0.140 e. The summed E-state index contributed by atoms with van der Waals surface area (Å²) in [4.78, 5) is 9.26. The minimum absolute atomic E-state index is 0.497. The molecule has 22 heavy (non-hydrogen) atoms. The highest BCUT2D eigenvalue weighted by Gasteiger charge is 2.25. The van der Waals surface area contributed by atoms with Crippen molar-refractivity contribution in [3.63, 3.8) is 0 Å². The first-order valence-electron chi connectivity index (χ1n) is 8.10. The van der Waals surface area contributed by atoms with Crippen LogP contribution in [0.5, 0.6) is 0 Å². The van der Waals surface area contributed by atoms with Crippen LogP contribution in [-0.4, -0.2) is 49.3 Å². The maximum atomic E-state index is 9.50. The van der Waals surface area contributed by atoms with Gasteiger partial charge in [-0.3, -0.25) is 4.39 Å². The average Bonchev–Trinajstić information content (AvgIpc) is 2.64. The number of rotatable bonds is 2. The van der Waals surface area contributed by atoms with Crippen LogP contribution in [0.1, 0.15) is 37.8 Å². The van der Waals surface area contributed by atoms with Crippen LogP contribution in [0.4, 0.5) is 10.1 Å². The van der Waals surface area contributed by atoms with Crippen molar-refractivity contribution < 1.29 is 4.39 Å². The summed E-state index contributed by atoms with van der Waals surface area (Å²) in [5.74, 6) is 0. The van der Waals surface area contributed by atoms with E-state index >= 15 is 0 Å². The van der Waals surface area contributed by atoms with Gasteiger partial charge in [-0.1, -0.05) is 6.42 Å². The van der Waals surface area contributed by atoms with E-state index in [2.05, 4.69) is 20.9 Å². The molecule has 0 saturated carbocycles. The second kappa shape index (κ2) is 8.70. The number of pyridine rings is 1. The summed E-state index contributed by atoms with van der Waals surface area (Å²) in [6.07, 6.45) is 8.49. The van der Waals surface area contributed by atoms with Crippen molar-refractivity contribution in [1.29, 1.82) is 5.26 Å². The molecular weight excluding hydrogens is 279 g/mol. The summed E-state index contributed by atoms with van der Waals surface area (Å²) in [6, 6.07) is 6.68. The Hall–Kier alpha value is -1.67. The summed E-state index contributed by atoms with van der Waals surface area (Å²) < 4.78 is 9.50. The molecule has 0 N–H and O–H groups in total. The second-order valence-electron chi connectivity index (χ2n) is 5.83. The van der Waals surface area contributed by atoms with Gasteiger partial charge in [-0.15, -0.1) is 0 Å². The van der Waals surface area contributed by atoms with Crippen LogP contribution in [0, 0.1) is 11.3 Å². The summed E-state index contributed by atoms with van der Waals surface area (Å²) in [5.41, 5.74) is 1.65. The fraction of sp³-hybridized carbons (Fsp3) is 0.647. The number of aromatic nitrogens is 1. The Bertz CT molecular complexity index is 468. The van der Waals surface area contributed by atoms with Gasteiger partial charge in [-0.05, 0) is 50.9 Å². The molecule has 0 atom stereocenters. The molecule has 0 aliphatic carbocycles. The number of hydrogen-bond donors (Lipinski definition) is 0. The van der Waals surface area contributed by atoms with E-state index in [1.807, 2.05) is 18.3 Å². The van der Waals surface area contributed by atoms with Gasteiger partial charge in [-0.25, -0.2) is 4.98 Å². The van der Waals surface area contributed by atoms with E-state index in [1.165, 1.54) is 45.2 Å². The fourth-order valence-corrected chi connectivity index (χ4v) is 3.41. The summed E-state index contributed by atoms with van der Waals surface area (Å²) >= 11 is 0. The molecule has 0 spiro atoms. The zero-order chi connectivity index (χ0) is 15.8. The Morgan fingerprint density at radius 3 is 2.32 bits per heavy atom. The van der Waals surface area contributed by atoms with E-state index in [-0.39, 0.29) is 0 Å². The predicted octanol–water partition coefficient (Wildman–Crippen LogP) is 2.99. The Morgan fingerprint density at radius 1 is 1.09 bits per heavy atom. The Morgan fingerprint density at radius 2 is 1.77 bits per heavy atom. The van der Waals surface area contributed by atoms with Crippen LogP contribution in [0.3, 0.4) is 0 Å². The summed E-state index contributed by atoms with van der Waals surface area (Å²) in [5, 5.41) is 8.79. The van der Waals surface area contributed by atoms with E-state index in [9.17, 15) is 4.39 Å². The van der Waals surface area contributed by atoms with Gasteiger partial charge in [0, 0.05) is 19.1 Å². The first kappa shape index (κ1) is 16.7. The third kappa shape index (κ3) is 4.17. The molecule has 2 fully saturated rings. The van der Waals surface area contributed by atoms with E-state index in [0.29, 0.717) is 12.9 Å². The van der Waals surface area contributed by atoms with E-state index in [4.69, 9.17) is 5.26 Å². The van der Waals surface area contributed by atoms with Gasteiger partial charge < -0.3 is 9.80 Å². The second-order valence-corrected chi connectivity index (χ2v) is 5.83. The molecule has 2 saturated heterocycles. The van der Waals surface area contributed by atoms with Crippen molar-refractivity contribution in [1.82, 2.24) is 9.88 Å². The molecule has 2 aliphatic rings. The van der Waals surface area contributed by atoms with E-state index in [1.54, 1.807) is 0 Å². The van der Waals surface area contributed by atoms with Gasteiger partial charge in [0.25, 0.3) is 0 Å². The molecule has 4 nitrogen and oxygen atoms in total. The molecule has 1 aromatic rings. The quantitative estimate of drug-likeness (QED) is 0.842. The minimum Gasteiger partial charge on any atom is -0.370 e. The number of piperidine rings is 2. The molecule has 0 bridgehead atoms. The third-order valence-corrected chi connectivity index (χ3v) is 4.60. The molecule has 0 radical (unpaired) electrons. The largest absolute Gasteiger partial charge is 0.370 e. The first-order chi connectivity index (χ1) is 10.9. The number of hydrogen-bond acceptors (Lipinski definition) is 4. The Kier molecular flexibility index (Phi) is 6.60. The standard InChI is InChI=1S/C16H22N4.CH3F/c17-12-14-4-5-16(13-18-14)20-10-6-15(7-11-20)19-8-2-1-3-9-19;1-2/h4-5,13,15H,1-3,6-11H2;1H3. The van der Waals surface area contributed by atoms with Gasteiger partial charge in [0.05, 0.1) is 19.1 Å². The van der Waals surface area contributed by atoms with Crippen molar-refractivity contribution >= 4 is 5.69 Å². The molecule has 3 rings (SSSR count). The number of halogens is 1. The molecule has 2 aliphatic heterocycles. The topological polar surface area (TPSA) is 43.2 Å². The fourth-order valence-electron chi connectivity index (χ4n) is 3.41. The lowest BCUT2D eigenvalue weighted by Crippen LogP contribution is -2.46. The van der Waals surface area contributed by atoms with Crippen LogP contribution in [0.2, 0.25) is 0 Å². The highest BCUT2D eigenvalue weighted by molar-refractivity contribution is 5.46. The van der Waals surface area contributed by atoms with Gasteiger partial charge in [-0.2, -0.15) is 5.26 Å². The number of nitriles is 1. The predicted molar refractivity (Wildman–Crippen MR) is 86.6 cm³/mol. The normalized spacial score (nSPS) is 20.0. The molecule has 0 amide bonds. The van der Waals surface area contributed by atoms with Crippen molar-refractivity contribution in [2.45, 2.75) is 38.1 Å². The SMILES string of the molecule is CF.N#Cc1ccc(N2CCC(N3CCCCC3)CC2)cn1. The Labute approximate surface area is 132 Å². The van der Waals surface area contributed by atoms with Crippen LogP contribution in [-0.2, 0) is 0 Å². The smallest absolute Gasteiger partial charge is 0.140 e. The van der Waals surface area contributed by atoms with Crippen LogP contribution in [0.25, 0.3) is 0 Å². The van der Waals surface area contributed by atoms with Crippen molar-refractivity contribution in [3.05, 3.63) is 24.0 Å². The van der Waals surface area contributed by atoms with Gasteiger partial charge in [0.15, 0.2) is 0 Å². The molecule has 0 unspecified atom stereocenters. The zero-order valence-corrected chi connectivity index (χ0v) is 13.3. The lowest BCUT2D eigenvalue weighted by atomic mass is 9.99. The number of alkyl halides is 1. The molecule has 1 aromatic heterocycles. The zero-order valence-electron chi connectivity index (χ0n) is 13.3. The highest BCUT2D eigenvalue weighted by Crippen LogP contribution is 2.24. The number of nitrogens with zero attached hydrogens (tertiary/aromatic N) is 4. The van der Waals surface area contributed by atoms with Crippen molar-refractivity contribution in [3.8, 4) is 6.07 Å². The van der Waals surface area contributed by atoms with Crippen LogP contribution < -0.4 is 4.90 Å². The monoisotopic (exact) mass is 304 g/mol. The highest BCUT2D eigenvalue weighted by atomic mass is 19.1. The summed E-state index contributed by atoms with van der Waals surface area (Å²) in [6.45, 7) is 4.80. The van der Waals surface area contributed by atoms with Gasteiger partial charge in [0.2, 0.25) is 0 Å². The van der Waals surface area contributed by atoms with E-state index in [0.717, 1.165) is 24.8 Å². The average molecular weight is 304 g/mol. The summed E-state index contributed by atoms with van der Waals surface area (Å²) in [7, 11) is 0.500. The number of likely N-dealkylation sites (tertiary alicyclic amines) is 1. The molecule has 3 heterocycles. The van der Waals surface area contributed by atoms with Crippen LogP contribution in [0.15, 0.2) is 18.3 Å². The third-order valence-electron chi connectivity index (χ3n) is 4.60. The first-order valence-corrected chi connectivity index (χ1v) is 8.10. The van der Waals surface area contributed by atoms with Gasteiger partial charge >= 0.3 is 0 Å². The molecular formula is C17H25FN4. The molecule has 120 valence electrons. The van der Waals surface area contributed by atoms with Crippen molar-refractivity contribution in [2.75, 3.05) is 38.3 Å². The number of anilines is 1. The van der Waals surface area contributed by atoms with Crippen molar-refractivity contribution in [2.24, 2.45) is 0 Å². The molecule has 5 heteroatoms.